The molecule has 1 aliphatic heterocycles. The molecule has 2 atom stereocenters. The van der Waals surface area contributed by atoms with E-state index < -0.39 is 0 Å². The monoisotopic (exact) mass is 457 g/mol. The first-order valence-electron chi connectivity index (χ1n) is 10.4. The highest BCUT2D eigenvalue weighted by Gasteiger charge is 2.26. The molecule has 4 rings (SSSR count). The van der Waals surface area contributed by atoms with Crippen molar-refractivity contribution in [2.45, 2.75) is 44.8 Å². The van der Waals surface area contributed by atoms with Gasteiger partial charge in [-0.1, -0.05) is 59.6 Å². The molecule has 0 spiro atoms. The number of benzene rings is 2. The number of nitrogens with one attached hydrogen (secondary N) is 2. The minimum absolute atomic E-state index is 0.00121. The smallest absolute Gasteiger partial charge is 0.237 e. The maximum Gasteiger partial charge on any atom is 0.237 e. The van der Waals surface area contributed by atoms with Gasteiger partial charge in [0.15, 0.2) is 5.82 Å². The quantitative estimate of drug-likeness (QED) is 0.558. The fraction of sp³-hybridized carbons (Fsp3) is 0.348. The van der Waals surface area contributed by atoms with Crippen LogP contribution >= 0.6 is 23.2 Å². The highest BCUT2D eigenvalue weighted by molar-refractivity contribution is 6.42. The second-order valence-electron chi connectivity index (χ2n) is 7.85. The molecule has 1 saturated heterocycles. The van der Waals surface area contributed by atoms with E-state index in [0.717, 1.165) is 36.3 Å². The zero-order valence-electron chi connectivity index (χ0n) is 17.3. The number of aromatic nitrogens is 3. The molecule has 1 amide bonds. The van der Waals surface area contributed by atoms with E-state index in [9.17, 15) is 4.79 Å². The molecule has 6 nitrogen and oxygen atoms in total. The first-order chi connectivity index (χ1) is 15.0. The molecule has 0 bridgehead atoms. The van der Waals surface area contributed by atoms with Crippen molar-refractivity contribution in [2.75, 3.05) is 6.54 Å². The highest BCUT2D eigenvalue weighted by Crippen LogP contribution is 2.24. The van der Waals surface area contributed by atoms with Crippen LogP contribution in [0.4, 0.5) is 0 Å². The zero-order valence-corrected chi connectivity index (χ0v) is 18.8. The first kappa shape index (κ1) is 21.8. The summed E-state index contributed by atoms with van der Waals surface area (Å²) >= 11 is 12.3. The van der Waals surface area contributed by atoms with E-state index in [1.165, 1.54) is 0 Å². The van der Waals surface area contributed by atoms with Crippen LogP contribution in [0.15, 0.2) is 48.5 Å². The van der Waals surface area contributed by atoms with Gasteiger partial charge in [0, 0.05) is 6.42 Å². The average Bonchev–Trinajstić information content (AvgIpc) is 3.43. The van der Waals surface area contributed by atoms with Crippen molar-refractivity contribution >= 4 is 29.1 Å². The Balaban J connectivity index is 1.61. The predicted octanol–water partition coefficient (Wildman–Crippen LogP) is 4.15. The van der Waals surface area contributed by atoms with Crippen LogP contribution in [-0.2, 0) is 17.8 Å². The fourth-order valence-corrected chi connectivity index (χ4v) is 4.18. The fourth-order valence-electron chi connectivity index (χ4n) is 3.86. The van der Waals surface area contributed by atoms with Gasteiger partial charge in [0.1, 0.15) is 5.82 Å². The summed E-state index contributed by atoms with van der Waals surface area (Å²) in [5.74, 6) is 1.54. The maximum atomic E-state index is 12.6. The van der Waals surface area contributed by atoms with Gasteiger partial charge in [0.2, 0.25) is 5.91 Å². The number of amides is 1. The van der Waals surface area contributed by atoms with Crippen molar-refractivity contribution in [1.82, 2.24) is 25.4 Å². The van der Waals surface area contributed by atoms with E-state index in [4.69, 9.17) is 23.2 Å². The lowest BCUT2D eigenvalue weighted by molar-refractivity contribution is -0.123. The van der Waals surface area contributed by atoms with Gasteiger partial charge < -0.3 is 15.2 Å². The Morgan fingerprint density at radius 2 is 1.97 bits per heavy atom. The number of carbonyl (C=O) groups is 1. The maximum absolute atomic E-state index is 12.6. The average molecular weight is 458 g/mol. The predicted molar refractivity (Wildman–Crippen MR) is 122 cm³/mol. The molecule has 1 aliphatic rings. The Hall–Kier alpha value is -2.41. The van der Waals surface area contributed by atoms with E-state index >= 15 is 0 Å². The van der Waals surface area contributed by atoms with Gasteiger partial charge in [-0.25, -0.2) is 0 Å². The third kappa shape index (κ3) is 5.26. The lowest BCUT2D eigenvalue weighted by Gasteiger charge is -2.19. The number of rotatable bonds is 7. The van der Waals surface area contributed by atoms with E-state index in [2.05, 4.69) is 37.5 Å². The number of hydrogen-bond donors (Lipinski definition) is 2. The summed E-state index contributed by atoms with van der Waals surface area (Å²) in [5, 5.41) is 16.3. The SMILES string of the molecule is C[C@@H](NC(=O)[C@@H]1CCCN1)c1nnc(Cc2ccccc2)n1Cc1ccc(Cl)c(Cl)c1. The Morgan fingerprint density at radius 1 is 1.16 bits per heavy atom. The van der Waals surface area contributed by atoms with Gasteiger partial charge in [-0.15, -0.1) is 10.2 Å². The van der Waals surface area contributed by atoms with Crippen molar-refractivity contribution in [3.05, 3.63) is 81.4 Å². The van der Waals surface area contributed by atoms with Crippen LogP contribution in [-0.4, -0.2) is 33.3 Å². The Bertz CT molecular complexity index is 1050. The third-order valence-electron chi connectivity index (χ3n) is 5.51. The molecule has 31 heavy (non-hydrogen) atoms. The van der Waals surface area contributed by atoms with Crippen molar-refractivity contribution in [3.8, 4) is 0 Å². The summed E-state index contributed by atoms with van der Waals surface area (Å²) in [4.78, 5) is 12.6. The molecule has 1 fully saturated rings. The summed E-state index contributed by atoms with van der Waals surface area (Å²) in [7, 11) is 0. The second-order valence-corrected chi connectivity index (χ2v) is 8.67. The molecule has 2 aromatic carbocycles. The van der Waals surface area contributed by atoms with E-state index in [1.54, 1.807) is 6.07 Å². The van der Waals surface area contributed by atoms with Crippen molar-refractivity contribution in [1.29, 1.82) is 0 Å². The number of hydrogen-bond acceptors (Lipinski definition) is 4. The standard InChI is InChI=1S/C23H25Cl2N5O/c1-15(27-23(31)20-8-5-11-26-20)22-29-28-21(13-16-6-3-2-4-7-16)30(22)14-17-9-10-18(24)19(25)12-17/h2-4,6-7,9-10,12,15,20,26H,5,8,11,13-14H2,1H3,(H,27,31)/t15-,20+/m1/s1. The molecule has 8 heteroatoms. The lowest BCUT2D eigenvalue weighted by atomic mass is 10.1. The van der Waals surface area contributed by atoms with Gasteiger partial charge in [-0.05, 0) is 49.6 Å². The molecule has 1 aromatic heterocycles. The summed E-state index contributed by atoms with van der Waals surface area (Å²) < 4.78 is 2.06. The van der Waals surface area contributed by atoms with Gasteiger partial charge in [-0.3, -0.25) is 4.79 Å². The number of nitrogens with zero attached hydrogens (tertiary/aromatic N) is 3. The summed E-state index contributed by atoms with van der Waals surface area (Å²) in [6, 6.07) is 15.3. The molecule has 0 aliphatic carbocycles. The Morgan fingerprint density at radius 3 is 2.68 bits per heavy atom. The molecule has 2 heterocycles. The minimum Gasteiger partial charge on any atom is -0.345 e. The second kappa shape index (κ2) is 9.81. The van der Waals surface area contributed by atoms with Crippen molar-refractivity contribution in [2.24, 2.45) is 0 Å². The Labute approximate surface area is 192 Å². The summed E-state index contributed by atoms with van der Waals surface area (Å²) in [5.41, 5.74) is 2.13. The topological polar surface area (TPSA) is 71.8 Å². The van der Waals surface area contributed by atoms with Gasteiger partial charge in [-0.2, -0.15) is 0 Å². The van der Waals surface area contributed by atoms with Crippen LogP contribution in [0.2, 0.25) is 10.0 Å². The van der Waals surface area contributed by atoms with Gasteiger partial charge >= 0.3 is 0 Å². The van der Waals surface area contributed by atoms with Crippen molar-refractivity contribution < 1.29 is 4.79 Å². The summed E-state index contributed by atoms with van der Waals surface area (Å²) in [6.07, 6.45) is 2.51. The molecule has 3 aromatic rings. The largest absolute Gasteiger partial charge is 0.345 e. The molecular formula is C23H25Cl2N5O. The molecule has 0 saturated carbocycles. The van der Waals surface area contributed by atoms with E-state index in [1.807, 2.05) is 37.3 Å². The molecule has 2 N–H and O–H groups in total. The van der Waals surface area contributed by atoms with Crippen LogP contribution in [0, 0.1) is 0 Å². The summed E-state index contributed by atoms with van der Waals surface area (Å²) in [6.45, 7) is 3.35. The van der Waals surface area contributed by atoms with Crippen molar-refractivity contribution in [3.63, 3.8) is 0 Å². The zero-order chi connectivity index (χ0) is 21.8. The van der Waals surface area contributed by atoms with Crippen LogP contribution in [0.3, 0.4) is 0 Å². The van der Waals surface area contributed by atoms with E-state index in [-0.39, 0.29) is 18.0 Å². The molecule has 0 unspecified atom stereocenters. The molecular weight excluding hydrogens is 433 g/mol. The van der Waals surface area contributed by atoms with Crippen LogP contribution < -0.4 is 10.6 Å². The minimum atomic E-state index is -0.283. The van der Waals surface area contributed by atoms with E-state index in [0.29, 0.717) is 28.8 Å². The van der Waals surface area contributed by atoms with Gasteiger partial charge in [0.25, 0.3) is 0 Å². The first-order valence-corrected chi connectivity index (χ1v) is 11.2. The third-order valence-corrected chi connectivity index (χ3v) is 6.25. The van der Waals surface area contributed by atoms with Crippen LogP contribution in [0.25, 0.3) is 0 Å². The van der Waals surface area contributed by atoms with Crippen LogP contribution in [0.5, 0.6) is 0 Å². The molecule has 162 valence electrons. The van der Waals surface area contributed by atoms with Gasteiger partial charge in [0.05, 0.1) is 28.7 Å². The number of halogens is 2. The normalized spacial score (nSPS) is 16.9. The Kier molecular flexibility index (Phi) is 6.90. The highest BCUT2D eigenvalue weighted by atomic mass is 35.5. The molecule has 0 radical (unpaired) electrons. The van der Waals surface area contributed by atoms with Crippen LogP contribution in [0.1, 0.15) is 48.6 Å². The lowest BCUT2D eigenvalue weighted by Crippen LogP contribution is -2.42. The number of carbonyl (C=O) groups excluding carboxylic acids is 1.